The molecular formula is C19H33NO12. The van der Waals surface area contributed by atoms with Crippen LogP contribution in [0.4, 0.5) is 0 Å². The van der Waals surface area contributed by atoms with E-state index >= 15 is 0 Å². The van der Waals surface area contributed by atoms with E-state index in [-0.39, 0.29) is 6.61 Å². The molecule has 2 aliphatic rings. The summed E-state index contributed by atoms with van der Waals surface area (Å²) in [5.74, 6) is -1.28. The van der Waals surface area contributed by atoms with E-state index in [1.54, 1.807) is 0 Å². The van der Waals surface area contributed by atoms with Crippen LogP contribution in [0.2, 0.25) is 0 Å². The highest BCUT2D eigenvalue weighted by atomic mass is 16.7. The predicted octanol–water partition coefficient (Wildman–Crippen LogP) is -3.25. The molecule has 0 radical (unpaired) electrons. The number of carbonyl (C=O) groups excluding carboxylic acids is 2. The number of rotatable bonds is 9. The van der Waals surface area contributed by atoms with Gasteiger partial charge in [-0.15, -0.1) is 0 Å². The third-order valence-corrected chi connectivity index (χ3v) is 5.13. The molecule has 2 fully saturated rings. The highest BCUT2D eigenvalue weighted by Gasteiger charge is 2.52. The SMILES string of the molecule is CCCO[C@@H]1OC(CO)C(O[C@@H]2OC(CO)[C@H](O)C(O)C2NC(C)=O)C(O)C1OC(C)=O. The molecule has 0 aliphatic carbocycles. The fraction of sp³-hybridized carbons (Fsp3) is 0.895. The summed E-state index contributed by atoms with van der Waals surface area (Å²) in [4.78, 5) is 23.2. The van der Waals surface area contributed by atoms with Crippen molar-refractivity contribution >= 4 is 11.9 Å². The van der Waals surface area contributed by atoms with Crippen molar-refractivity contribution in [1.29, 1.82) is 0 Å². The van der Waals surface area contributed by atoms with Crippen LogP contribution >= 0.6 is 0 Å². The Bertz CT molecular complexity index is 621. The second-order valence-electron chi connectivity index (χ2n) is 7.69. The Balaban J connectivity index is 2.29. The van der Waals surface area contributed by atoms with E-state index in [0.29, 0.717) is 6.42 Å². The van der Waals surface area contributed by atoms with E-state index in [1.165, 1.54) is 6.92 Å². The molecule has 0 saturated carbocycles. The summed E-state index contributed by atoms with van der Waals surface area (Å²) in [6, 6.07) is -1.28. The second-order valence-corrected chi connectivity index (χ2v) is 7.69. The summed E-state index contributed by atoms with van der Waals surface area (Å²) in [6.45, 7) is 3.11. The highest BCUT2D eigenvalue weighted by Crippen LogP contribution is 2.31. The summed E-state index contributed by atoms with van der Waals surface area (Å²) < 4.78 is 27.6. The number of nitrogens with one attached hydrogen (secondary N) is 1. The molecule has 2 rings (SSSR count). The number of ether oxygens (including phenoxy) is 5. The molecule has 0 aromatic carbocycles. The molecule has 6 N–H and O–H groups in total. The number of aliphatic hydroxyl groups excluding tert-OH is 5. The van der Waals surface area contributed by atoms with Crippen molar-refractivity contribution in [3.63, 3.8) is 0 Å². The van der Waals surface area contributed by atoms with Crippen LogP contribution in [0.25, 0.3) is 0 Å². The van der Waals surface area contributed by atoms with Crippen molar-refractivity contribution in [3.05, 3.63) is 0 Å². The Labute approximate surface area is 185 Å². The number of carbonyl (C=O) groups is 2. The van der Waals surface area contributed by atoms with Gasteiger partial charge in [-0.25, -0.2) is 0 Å². The Hall–Kier alpha value is -1.42. The van der Waals surface area contributed by atoms with Crippen LogP contribution in [-0.4, -0.2) is 119 Å². The first kappa shape index (κ1) is 26.8. The van der Waals surface area contributed by atoms with Gasteiger partial charge in [0.25, 0.3) is 0 Å². The van der Waals surface area contributed by atoms with Gasteiger partial charge >= 0.3 is 5.97 Å². The quantitative estimate of drug-likeness (QED) is 0.186. The van der Waals surface area contributed by atoms with E-state index in [4.69, 9.17) is 23.7 Å². The zero-order valence-electron chi connectivity index (χ0n) is 18.2. The molecule has 0 spiro atoms. The number of hydrogen-bond acceptors (Lipinski definition) is 12. The summed E-state index contributed by atoms with van der Waals surface area (Å²) in [5.41, 5.74) is 0. The van der Waals surface area contributed by atoms with Crippen molar-refractivity contribution < 1.29 is 58.8 Å². The second kappa shape index (κ2) is 12.2. The largest absolute Gasteiger partial charge is 0.454 e. The molecule has 2 saturated heterocycles. The van der Waals surface area contributed by atoms with Gasteiger partial charge in [0, 0.05) is 20.5 Å². The summed E-state index contributed by atoms with van der Waals surface area (Å²) in [7, 11) is 0. The maximum absolute atomic E-state index is 11.6. The minimum atomic E-state index is -1.58. The summed E-state index contributed by atoms with van der Waals surface area (Å²) in [6.07, 6.45) is -11.7. The van der Waals surface area contributed by atoms with Crippen LogP contribution in [0, 0.1) is 0 Å². The normalized spacial score (nSPS) is 40.0. The average molecular weight is 467 g/mol. The standard InChI is InChI=1S/C19H33NO12/c1-4-5-28-19-17(29-9(3)24)15(27)16(11(7-22)31-19)32-18-12(20-8(2)23)14(26)13(25)10(6-21)30-18/h10-19,21-22,25-27H,4-7H2,1-3H3,(H,20,23)/t10?,11?,12?,13-,14?,15?,16?,17?,18-,19+/m0/s1. The molecule has 13 nitrogen and oxygen atoms in total. The van der Waals surface area contributed by atoms with Crippen LogP contribution in [0.15, 0.2) is 0 Å². The lowest BCUT2D eigenvalue weighted by Gasteiger charge is -2.47. The first-order valence-electron chi connectivity index (χ1n) is 10.4. The van der Waals surface area contributed by atoms with Crippen molar-refractivity contribution in [2.24, 2.45) is 0 Å². The van der Waals surface area contributed by atoms with Crippen LogP contribution in [-0.2, 0) is 33.3 Å². The van der Waals surface area contributed by atoms with E-state index in [2.05, 4.69) is 5.32 Å². The molecule has 0 aromatic rings. The smallest absolute Gasteiger partial charge is 0.303 e. The molecule has 13 heteroatoms. The number of hydrogen-bond donors (Lipinski definition) is 6. The number of esters is 1. The Kier molecular flexibility index (Phi) is 10.2. The fourth-order valence-corrected chi connectivity index (χ4v) is 3.64. The van der Waals surface area contributed by atoms with Gasteiger partial charge in [-0.05, 0) is 6.42 Å². The molecule has 1 amide bonds. The van der Waals surface area contributed by atoms with Gasteiger partial charge < -0.3 is 54.5 Å². The third kappa shape index (κ3) is 6.34. The zero-order chi connectivity index (χ0) is 24.0. The van der Waals surface area contributed by atoms with Crippen molar-refractivity contribution in [3.8, 4) is 0 Å². The maximum atomic E-state index is 11.6. The van der Waals surface area contributed by atoms with Gasteiger partial charge in [-0.2, -0.15) is 0 Å². The molecule has 10 atom stereocenters. The minimum absolute atomic E-state index is 0.234. The van der Waals surface area contributed by atoms with Gasteiger partial charge in [0.1, 0.15) is 42.7 Å². The third-order valence-electron chi connectivity index (χ3n) is 5.13. The van der Waals surface area contributed by atoms with Crippen LogP contribution in [0.3, 0.4) is 0 Å². The van der Waals surface area contributed by atoms with Crippen LogP contribution in [0.5, 0.6) is 0 Å². The molecule has 186 valence electrons. The van der Waals surface area contributed by atoms with Crippen LogP contribution in [0.1, 0.15) is 27.2 Å². The number of aliphatic hydroxyl groups is 5. The average Bonchev–Trinajstić information content (AvgIpc) is 2.74. The lowest BCUT2D eigenvalue weighted by Crippen LogP contribution is -2.68. The molecule has 2 heterocycles. The predicted molar refractivity (Wildman–Crippen MR) is 104 cm³/mol. The lowest BCUT2D eigenvalue weighted by atomic mass is 9.95. The van der Waals surface area contributed by atoms with Crippen molar-refractivity contribution in [2.75, 3.05) is 19.8 Å². The first-order chi connectivity index (χ1) is 15.1. The topological polar surface area (TPSA) is 193 Å². The fourth-order valence-electron chi connectivity index (χ4n) is 3.64. The molecule has 0 bridgehead atoms. The Morgan fingerprint density at radius 2 is 1.53 bits per heavy atom. The zero-order valence-corrected chi connectivity index (χ0v) is 18.2. The van der Waals surface area contributed by atoms with E-state index in [0.717, 1.165) is 6.92 Å². The lowest BCUT2D eigenvalue weighted by molar-refractivity contribution is -0.347. The van der Waals surface area contributed by atoms with Gasteiger partial charge in [-0.1, -0.05) is 6.92 Å². The van der Waals surface area contributed by atoms with Crippen molar-refractivity contribution in [1.82, 2.24) is 5.32 Å². The van der Waals surface area contributed by atoms with Gasteiger partial charge in [-0.3, -0.25) is 9.59 Å². The minimum Gasteiger partial charge on any atom is -0.454 e. The molecule has 32 heavy (non-hydrogen) atoms. The Morgan fingerprint density at radius 3 is 2.06 bits per heavy atom. The van der Waals surface area contributed by atoms with E-state index in [1.807, 2.05) is 6.92 Å². The van der Waals surface area contributed by atoms with Gasteiger partial charge in [0.05, 0.1) is 13.2 Å². The number of amides is 1. The molecule has 0 aromatic heterocycles. The molecule has 7 unspecified atom stereocenters. The van der Waals surface area contributed by atoms with E-state index < -0.39 is 86.4 Å². The van der Waals surface area contributed by atoms with Gasteiger partial charge in [0.15, 0.2) is 18.7 Å². The van der Waals surface area contributed by atoms with Gasteiger partial charge in [0.2, 0.25) is 5.91 Å². The van der Waals surface area contributed by atoms with E-state index in [9.17, 15) is 35.1 Å². The monoisotopic (exact) mass is 467 g/mol. The van der Waals surface area contributed by atoms with Crippen molar-refractivity contribution in [2.45, 2.75) is 88.5 Å². The Morgan fingerprint density at radius 1 is 0.906 bits per heavy atom. The summed E-state index contributed by atoms with van der Waals surface area (Å²) in [5, 5.41) is 53.1. The maximum Gasteiger partial charge on any atom is 0.303 e. The highest BCUT2D eigenvalue weighted by molar-refractivity contribution is 5.73. The summed E-state index contributed by atoms with van der Waals surface area (Å²) >= 11 is 0. The molecular weight excluding hydrogens is 434 g/mol. The molecule has 2 aliphatic heterocycles. The first-order valence-corrected chi connectivity index (χ1v) is 10.4. The van der Waals surface area contributed by atoms with Crippen LogP contribution < -0.4 is 5.32 Å².